The van der Waals surface area contributed by atoms with Crippen molar-refractivity contribution in [2.45, 2.75) is 24.9 Å². The van der Waals surface area contributed by atoms with Gasteiger partial charge in [0.1, 0.15) is 12.1 Å². The quantitative estimate of drug-likeness (QED) is 0.896. The number of likely N-dealkylation sites (tertiary alicyclic amines) is 2. The number of pyridine rings is 1. The van der Waals surface area contributed by atoms with Crippen LogP contribution in [0.2, 0.25) is 0 Å². The van der Waals surface area contributed by atoms with Crippen LogP contribution in [0.15, 0.2) is 37.1 Å². The van der Waals surface area contributed by atoms with Gasteiger partial charge >= 0.3 is 0 Å². The fraction of sp³-hybridized carbons (Fsp3) is 0.500. The molecule has 132 valence electrons. The van der Waals surface area contributed by atoms with Gasteiger partial charge < -0.3 is 14.9 Å². The Bertz CT molecular complexity index is 724. The van der Waals surface area contributed by atoms with Crippen molar-refractivity contribution in [2.24, 2.45) is 0 Å². The smallest absolute Gasteiger partial charge is 0.255 e. The lowest BCUT2D eigenvalue weighted by molar-refractivity contribution is 0.0175. The Balaban J connectivity index is 1.41. The zero-order valence-electron chi connectivity index (χ0n) is 14.2. The summed E-state index contributed by atoms with van der Waals surface area (Å²) in [6.45, 7) is 3.75. The summed E-state index contributed by atoms with van der Waals surface area (Å²) in [5, 5.41) is 10.8. The molecule has 1 N–H and O–H groups in total. The van der Waals surface area contributed by atoms with E-state index < -0.39 is 5.60 Å². The summed E-state index contributed by atoms with van der Waals surface area (Å²) in [7, 11) is 0. The minimum absolute atomic E-state index is 0.0676. The molecule has 1 atom stereocenters. The molecule has 2 aromatic rings. The summed E-state index contributed by atoms with van der Waals surface area (Å²) in [6.07, 6.45) is 9.80. The van der Waals surface area contributed by atoms with Crippen molar-refractivity contribution in [3.05, 3.63) is 42.6 Å². The van der Waals surface area contributed by atoms with Gasteiger partial charge in [0.05, 0.1) is 17.7 Å². The second-order valence-corrected chi connectivity index (χ2v) is 7.06. The van der Waals surface area contributed by atoms with E-state index in [2.05, 4.69) is 14.9 Å². The Morgan fingerprint density at radius 1 is 1.24 bits per heavy atom. The normalized spacial score (nSPS) is 24.1. The van der Waals surface area contributed by atoms with Crippen molar-refractivity contribution < 1.29 is 9.90 Å². The first kappa shape index (κ1) is 16.2. The summed E-state index contributed by atoms with van der Waals surface area (Å²) >= 11 is 0. The number of imidazole rings is 1. The van der Waals surface area contributed by atoms with Gasteiger partial charge in [-0.05, 0) is 44.5 Å². The predicted octanol–water partition coefficient (Wildman–Crippen LogP) is 0.940. The lowest BCUT2D eigenvalue weighted by Crippen LogP contribution is -2.45. The molecule has 25 heavy (non-hydrogen) atoms. The molecule has 7 heteroatoms. The van der Waals surface area contributed by atoms with Gasteiger partial charge in [-0.2, -0.15) is 0 Å². The Kier molecular flexibility index (Phi) is 4.27. The van der Waals surface area contributed by atoms with Crippen molar-refractivity contribution in [3.8, 4) is 5.82 Å². The highest BCUT2D eigenvalue weighted by molar-refractivity contribution is 5.94. The largest absolute Gasteiger partial charge is 0.387 e. The molecule has 0 unspecified atom stereocenters. The Morgan fingerprint density at radius 2 is 2.08 bits per heavy atom. The number of carbonyl (C=O) groups is 1. The van der Waals surface area contributed by atoms with Crippen molar-refractivity contribution in [1.82, 2.24) is 24.3 Å². The number of rotatable bonds is 4. The number of aromatic nitrogens is 3. The van der Waals surface area contributed by atoms with E-state index in [0.29, 0.717) is 31.6 Å². The van der Waals surface area contributed by atoms with Gasteiger partial charge in [0.2, 0.25) is 0 Å². The number of nitrogens with zero attached hydrogens (tertiary/aromatic N) is 5. The molecule has 4 rings (SSSR count). The van der Waals surface area contributed by atoms with Crippen LogP contribution in [-0.4, -0.2) is 73.7 Å². The fourth-order valence-corrected chi connectivity index (χ4v) is 3.76. The molecule has 0 aliphatic carbocycles. The molecule has 2 saturated heterocycles. The van der Waals surface area contributed by atoms with E-state index >= 15 is 0 Å². The molecule has 2 fully saturated rings. The van der Waals surface area contributed by atoms with Crippen LogP contribution < -0.4 is 0 Å². The minimum atomic E-state index is -0.788. The second kappa shape index (κ2) is 6.57. The van der Waals surface area contributed by atoms with E-state index in [-0.39, 0.29) is 5.91 Å². The molecule has 2 aliphatic heterocycles. The summed E-state index contributed by atoms with van der Waals surface area (Å²) in [6, 6.07) is 3.59. The number of β-amino-alcohol motifs (C(OH)–C–C–N with tert-alkyl or cyclic N) is 1. The highest BCUT2D eigenvalue weighted by Gasteiger charge is 2.40. The third kappa shape index (κ3) is 3.43. The van der Waals surface area contributed by atoms with Crippen molar-refractivity contribution in [3.63, 3.8) is 0 Å². The van der Waals surface area contributed by atoms with E-state index in [1.165, 1.54) is 12.8 Å². The molecule has 1 amide bonds. The zero-order valence-corrected chi connectivity index (χ0v) is 14.2. The van der Waals surface area contributed by atoms with Crippen molar-refractivity contribution >= 4 is 5.91 Å². The average Bonchev–Trinajstić information content (AvgIpc) is 3.36. The third-order valence-electron chi connectivity index (χ3n) is 5.10. The number of aliphatic hydroxyl groups is 1. The van der Waals surface area contributed by atoms with E-state index in [0.717, 1.165) is 18.9 Å². The maximum atomic E-state index is 12.7. The second-order valence-electron chi connectivity index (χ2n) is 7.06. The monoisotopic (exact) mass is 341 g/mol. The predicted molar refractivity (Wildman–Crippen MR) is 92.5 cm³/mol. The molecule has 7 nitrogen and oxygen atoms in total. The topological polar surface area (TPSA) is 74.5 Å². The molecule has 0 saturated carbocycles. The third-order valence-corrected chi connectivity index (χ3v) is 5.10. The van der Waals surface area contributed by atoms with Crippen LogP contribution in [0.3, 0.4) is 0 Å². The average molecular weight is 341 g/mol. The zero-order chi connectivity index (χ0) is 17.3. The van der Waals surface area contributed by atoms with Crippen LogP contribution in [-0.2, 0) is 0 Å². The van der Waals surface area contributed by atoms with Crippen LogP contribution >= 0.6 is 0 Å². The summed E-state index contributed by atoms with van der Waals surface area (Å²) in [5.41, 5.74) is -0.237. The minimum Gasteiger partial charge on any atom is -0.387 e. The highest BCUT2D eigenvalue weighted by Crippen LogP contribution is 2.25. The molecule has 0 aromatic carbocycles. The van der Waals surface area contributed by atoms with Gasteiger partial charge in [0.25, 0.3) is 5.91 Å². The lowest BCUT2D eigenvalue weighted by atomic mass is 10.0. The van der Waals surface area contributed by atoms with Crippen LogP contribution in [0, 0.1) is 0 Å². The molecule has 2 aliphatic rings. The molecule has 0 spiro atoms. The maximum Gasteiger partial charge on any atom is 0.255 e. The van der Waals surface area contributed by atoms with Gasteiger partial charge in [-0.3, -0.25) is 9.36 Å². The van der Waals surface area contributed by atoms with E-state index in [9.17, 15) is 9.90 Å². The Hall–Kier alpha value is -2.25. The Morgan fingerprint density at radius 3 is 2.76 bits per heavy atom. The van der Waals surface area contributed by atoms with E-state index in [4.69, 9.17) is 0 Å². The summed E-state index contributed by atoms with van der Waals surface area (Å²) in [5.74, 6) is 0.656. The van der Waals surface area contributed by atoms with Crippen LogP contribution in [0.5, 0.6) is 0 Å². The molecule has 4 heterocycles. The molecular weight excluding hydrogens is 318 g/mol. The summed E-state index contributed by atoms with van der Waals surface area (Å²) in [4.78, 5) is 25.1. The van der Waals surface area contributed by atoms with Crippen LogP contribution in [0.25, 0.3) is 5.82 Å². The number of amides is 1. The van der Waals surface area contributed by atoms with Gasteiger partial charge in [-0.1, -0.05) is 0 Å². The number of hydrogen-bond donors (Lipinski definition) is 1. The molecular formula is C18H23N5O2. The number of carbonyl (C=O) groups excluding carboxylic acids is 1. The molecule has 0 bridgehead atoms. The first-order chi connectivity index (χ1) is 12.1. The van der Waals surface area contributed by atoms with Gasteiger partial charge in [0.15, 0.2) is 0 Å². The molecule has 0 radical (unpaired) electrons. The van der Waals surface area contributed by atoms with Crippen molar-refractivity contribution in [1.29, 1.82) is 0 Å². The van der Waals surface area contributed by atoms with E-state index in [1.807, 2.05) is 6.20 Å². The Labute approximate surface area is 146 Å². The first-order valence-electron chi connectivity index (χ1n) is 8.81. The highest BCUT2D eigenvalue weighted by atomic mass is 16.3. The number of hydrogen-bond acceptors (Lipinski definition) is 5. The first-order valence-corrected chi connectivity index (χ1v) is 8.81. The van der Waals surface area contributed by atoms with Crippen molar-refractivity contribution in [2.75, 3.05) is 32.7 Å². The van der Waals surface area contributed by atoms with Gasteiger partial charge in [-0.25, -0.2) is 9.97 Å². The lowest BCUT2D eigenvalue weighted by Gasteiger charge is -2.28. The van der Waals surface area contributed by atoms with Gasteiger partial charge in [-0.15, -0.1) is 0 Å². The maximum absolute atomic E-state index is 12.7. The summed E-state index contributed by atoms with van der Waals surface area (Å²) < 4.78 is 1.79. The van der Waals surface area contributed by atoms with Crippen LogP contribution in [0.1, 0.15) is 29.6 Å². The van der Waals surface area contributed by atoms with E-state index in [1.54, 1.807) is 40.3 Å². The van der Waals surface area contributed by atoms with Gasteiger partial charge in [0, 0.05) is 31.7 Å². The van der Waals surface area contributed by atoms with Crippen LogP contribution in [0.4, 0.5) is 0 Å². The molecule has 2 aromatic heterocycles. The standard InChI is InChI=1S/C18H23N5O2/c24-17(15-3-4-16(20-11-15)23-10-6-19-14-23)22-9-5-18(25,13-22)12-21-7-1-2-8-21/h3-4,6,10-11,14,25H,1-2,5,7-9,12-13H2/t18-/m0/s1. The SMILES string of the molecule is O=C(c1ccc(-n2ccnc2)nc1)N1CC[C@](O)(CN2CCCC2)C1. The fourth-order valence-electron chi connectivity index (χ4n) is 3.76.